The topological polar surface area (TPSA) is 66.5 Å². The van der Waals surface area contributed by atoms with Crippen molar-refractivity contribution in [3.05, 3.63) is 40.4 Å². The lowest BCUT2D eigenvalue weighted by Crippen LogP contribution is -2.44. The summed E-state index contributed by atoms with van der Waals surface area (Å²) in [6, 6.07) is 4.91. The Hall–Kier alpha value is -1.85. The minimum absolute atomic E-state index is 0.0422. The zero-order valence-corrected chi connectivity index (χ0v) is 18.5. The molecule has 6 aliphatic rings. The molecule has 0 aromatic heterocycles. The molecule has 31 heavy (non-hydrogen) atoms. The second-order valence-electron chi connectivity index (χ2n) is 9.82. The second-order valence-corrected chi connectivity index (χ2v) is 10.7. The Morgan fingerprint density at radius 1 is 0.935 bits per heavy atom. The van der Waals surface area contributed by atoms with Crippen LogP contribution in [0.25, 0.3) is 0 Å². The number of hydrogen-bond acceptors (Lipinski definition) is 3. The monoisotopic (exact) mass is 458 g/mol. The molecular weight excluding hydrogens is 435 g/mol. The van der Waals surface area contributed by atoms with Gasteiger partial charge in [-0.2, -0.15) is 0 Å². The number of carbonyl (C=O) groups is 3. The fourth-order valence-corrected chi connectivity index (χ4v) is 7.22. The van der Waals surface area contributed by atoms with Gasteiger partial charge in [-0.1, -0.05) is 35.4 Å². The number of imide groups is 1. The summed E-state index contributed by atoms with van der Waals surface area (Å²) in [7, 11) is 0. The van der Waals surface area contributed by atoms with Crippen molar-refractivity contribution in [1.82, 2.24) is 4.90 Å². The van der Waals surface area contributed by atoms with E-state index in [-0.39, 0.29) is 53.4 Å². The van der Waals surface area contributed by atoms with Crippen LogP contribution in [0.5, 0.6) is 0 Å². The van der Waals surface area contributed by atoms with Crippen LogP contribution in [0, 0.1) is 41.4 Å². The first-order valence-corrected chi connectivity index (χ1v) is 12.0. The molecule has 0 spiro atoms. The number of likely N-dealkylation sites (tertiary alicyclic amines) is 1. The maximum atomic E-state index is 13.3. The summed E-state index contributed by atoms with van der Waals surface area (Å²) >= 11 is 12.1. The molecule has 5 aliphatic carbocycles. The van der Waals surface area contributed by atoms with Crippen molar-refractivity contribution in [3.63, 3.8) is 0 Å². The molecule has 6 atom stereocenters. The van der Waals surface area contributed by atoms with E-state index in [1.807, 2.05) is 0 Å². The lowest BCUT2D eigenvalue weighted by Gasteiger charge is -2.37. The van der Waals surface area contributed by atoms with Gasteiger partial charge in [-0.05, 0) is 74.0 Å². The molecule has 3 amide bonds. The summed E-state index contributed by atoms with van der Waals surface area (Å²) < 4.78 is 0. The van der Waals surface area contributed by atoms with Crippen LogP contribution in [0.2, 0.25) is 10.0 Å². The van der Waals surface area contributed by atoms with E-state index in [4.69, 9.17) is 23.2 Å². The lowest BCUT2D eigenvalue weighted by molar-refractivity contribution is -0.144. The molecule has 2 bridgehead atoms. The highest BCUT2D eigenvalue weighted by atomic mass is 35.5. The SMILES string of the molecule is O=C(Nc1ccc(Cl)cc1Cl)C1CCC(N2C(=O)[C@@H]3[C@H]4C=C[C@H]([C@H]5C[C@H]45)[C@@H]3C2=O)CC1. The number of hydrogen-bond donors (Lipinski definition) is 1. The summed E-state index contributed by atoms with van der Waals surface area (Å²) in [5, 5.41) is 3.82. The largest absolute Gasteiger partial charge is 0.325 e. The number of rotatable bonds is 3. The van der Waals surface area contributed by atoms with Crippen LogP contribution in [0.15, 0.2) is 30.4 Å². The van der Waals surface area contributed by atoms with E-state index in [9.17, 15) is 14.4 Å². The van der Waals surface area contributed by atoms with Gasteiger partial charge in [-0.25, -0.2) is 0 Å². The molecule has 0 unspecified atom stereocenters. The van der Waals surface area contributed by atoms with Crippen LogP contribution < -0.4 is 5.32 Å². The predicted molar refractivity (Wildman–Crippen MR) is 117 cm³/mol. The summed E-state index contributed by atoms with van der Waals surface area (Å²) in [5.41, 5.74) is 0.550. The van der Waals surface area contributed by atoms with Gasteiger partial charge in [0.15, 0.2) is 0 Å². The molecule has 7 rings (SSSR count). The number of nitrogens with one attached hydrogen (secondary N) is 1. The van der Waals surface area contributed by atoms with Gasteiger partial charge in [0, 0.05) is 17.0 Å². The fraction of sp³-hybridized carbons (Fsp3) is 0.542. The Morgan fingerprint density at radius 3 is 2.13 bits per heavy atom. The minimum atomic E-state index is -0.149. The van der Waals surface area contributed by atoms with E-state index in [0.717, 1.165) is 0 Å². The van der Waals surface area contributed by atoms with Crippen LogP contribution in [0.3, 0.4) is 0 Å². The van der Waals surface area contributed by atoms with Crippen molar-refractivity contribution >= 4 is 46.6 Å². The summed E-state index contributed by atoms with van der Waals surface area (Å²) in [5.74, 6) is 1.33. The highest BCUT2D eigenvalue weighted by Gasteiger charge is 2.67. The predicted octanol–water partition coefficient (Wildman–Crippen LogP) is 4.54. The number of carbonyl (C=O) groups excluding carboxylic acids is 3. The number of benzene rings is 1. The average Bonchev–Trinajstić information content (AvgIpc) is 3.54. The maximum Gasteiger partial charge on any atom is 0.233 e. The Balaban J connectivity index is 1.11. The quantitative estimate of drug-likeness (QED) is 0.533. The standard InChI is InChI=1S/C24H24Cl2N2O3/c25-12-3-8-19(18(26)9-12)27-22(29)11-1-4-13(5-2-11)28-23(30)20-14-6-7-15(17-10-16(14)17)21(20)24(28)31/h3,6-9,11,13-17,20-21H,1-2,4-5,10H2,(H,27,29)/t11?,13?,14-,15+,16-,17-,20+,21-/m1/s1. The van der Waals surface area contributed by atoms with Gasteiger partial charge in [0.2, 0.25) is 17.7 Å². The number of amides is 3. The van der Waals surface area contributed by atoms with Crippen molar-refractivity contribution < 1.29 is 14.4 Å². The smallest absolute Gasteiger partial charge is 0.233 e. The van der Waals surface area contributed by atoms with E-state index in [2.05, 4.69) is 17.5 Å². The molecule has 162 valence electrons. The minimum Gasteiger partial charge on any atom is -0.325 e. The Kier molecular flexibility index (Phi) is 4.52. The van der Waals surface area contributed by atoms with Crippen LogP contribution in [0.4, 0.5) is 5.69 Å². The summed E-state index contributed by atoms with van der Waals surface area (Å²) in [6.07, 6.45) is 8.26. The number of allylic oxidation sites excluding steroid dienone is 2. The third kappa shape index (κ3) is 3.00. The highest BCUT2D eigenvalue weighted by molar-refractivity contribution is 6.36. The van der Waals surface area contributed by atoms with Gasteiger partial charge < -0.3 is 5.32 Å². The van der Waals surface area contributed by atoms with Gasteiger partial charge in [-0.15, -0.1) is 0 Å². The van der Waals surface area contributed by atoms with E-state index >= 15 is 0 Å². The van der Waals surface area contributed by atoms with Gasteiger partial charge in [0.25, 0.3) is 0 Å². The Bertz CT molecular complexity index is 980. The van der Waals surface area contributed by atoms with E-state index in [1.54, 1.807) is 23.1 Å². The van der Waals surface area contributed by atoms with Gasteiger partial charge >= 0.3 is 0 Å². The molecule has 5 nitrogen and oxygen atoms in total. The van der Waals surface area contributed by atoms with Crippen molar-refractivity contribution in [1.29, 1.82) is 0 Å². The molecule has 7 heteroatoms. The fourth-order valence-electron chi connectivity index (χ4n) is 6.76. The van der Waals surface area contributed by atoms with Crippen molar-refractivity contribution in [2.45, 2.75) is 38.1 Å². The van der Waals surface area contributed by atoms with Gasteiger partial charge in [-0.3, -0.25) is 19.3 Å². The molecule has 3 saturated carbocycles. The van der Waals surface area contributed by atoms with Crippen molar-refractivity contribution in [2.24, 2.45) is 41.4 Å². The van der Waals surface area contributed by atoms with Crippen LogP contribution in [-0.2, 0) is 14.4 Å². The Morgan fingerprint density at radius 2 is 1.55 bits per heavy atom. The number of anilines is 1. The lowest BCUT2D eigenvalue weighted by atomic mass is 9.63. The van der Waals surface area contributed by atoms with Crippen molar-refractivity contribution in [2.75, 3.05) is 5.32 Å². The van der Waals surface area contributed by atoms with Gasteiger partial charge in [0.1, 0.15) is 0 Å². The average molecular weight is 459 g/mol. The third-order valence-corrected chi connectivity index (χ3v) is 8.87. The van der Waals surface area contributed by atoms with E-state index in [0.29, 0.717) is 53.3 Å². The molecule has 1 saturated heterocycles. The molecule has 1 aromatic carbocycles. The molecular formula is C24H24Cl2N2O3. The molecule has 1 heterocycles. The van der Waals surface area contributed by atoms with Crippen molar-refractivity contribution in [3.8, 4) is 0 Å². The third-order valence-electron chi connectivity index (χ3n) is 8.32. The first-order valence-electron chi connectivity index (χ1n) is 11.2. The van der Waals surface area contributed by atoms with E-state index in [1.165, 1.54) is 6.42 Å². The molecule has 4 fully saturated rings. The van der Waals surface area contributed by atoms with Crippen LogP contribution in [-0.4, -0.2) is 28.7 Å². The second kappa shape index (κ2) is 7.08. The van der Waals surface area contributed by atoms with Gasteiger partial charge in [0.05, 0.1) is 22.5 Å². The van der Waals surface area contributed by atoms with Crippen LogP contribution >= 0.6 is 23.2 Å². The van der Waals surface area contributed by atoms with E-state index < -0.39 is 0 Å². The Labute approximate surface area is 191 Å². The number of halogens is 2. The maximum absolute atomic E-state index is 13.3. The zero-order chi connectivity index (χ0) is 21.4. The molecule has 1 aromatic rings. The van der Waals surface area contributed by atoms with Crippen LogP contribution in [0.1, 0.15) is 32.1 Å². The summed E-state index contributed by atoms with van der Waals surface area (Å²) in [4.78, 5) is 40.9. The molecule has 1 aliphatic heterocycles. The number of nitrogens with zero attached hydrogens (tertiary/aromatic N) is 1. The highest BCUT2D eigenvalue weighted by Crippen LogP contribution is 2.65. The zero-order valence-electron chi connectivity index (χ0n) is 17.0. The first kappa shape index (κ1) is 19.8. The first-order chi connectivity index (χ1) is 14.9. The molecule has 1 N–H and O–H groups in total. The summed E-state index contributed by atoms with van der Waals surface area (Å²) in [6.45, 7) is 0. The molecule has 0 radical (unpaired) electrons. The normalized spacial score (nSPS) is 40.0.